The Balaban J connectivity index is 1.73. The Morgan fingerprint density at radius 2 is 2.08 bits per heavy atom. The standard InChI is InChI=1S/C17H24N4O3/c1-3-19-9-8-14-5-6-15(11-19)20(14)17(22)18-13-4-7-16(21(23)24)12(2)10-13/h4,7,10,14-15H,3,5-6,8-9,11H2,1-2H3,(H,18,22)/t14-,15+/m1/s1. The largest absolute Gasteiger partial charge is 0.322 e. The van der Waals surface area contributed by atoms with Gasteiger partial charge in [0.05, 0.1) is 4.92 Å². The van der Waals surface area contributed by atoms with E-state index in [1.165, 1.54) is 6.07 Å². The van der Waals surface area contributed by atoms with Crippen LogP contribution in [0.25, 0.3) is 0 Å². The number of aryl methyl sites for hydroxylation is 1. The van der Waals surface area contributed by atoms with Crippen molar-refractivity contribution in [1.29, 1.82) is 0 Å². The average molecular weight is 332 g/mol. The summed E-state index contributed by atoms with van der Waals surface area (Å²) in [5.74, 6) is 0. The van der Waals surface area contributed by atoms with Crippen molar-refractivity contribution in [3.63, 3.8) is 0 Å². The van der Waals surface area contributed by atoms with Gasteiger partial charge in [0, 0.05) is 42.5 Å². The monoisotopic (exact) mass is 332 g/mol. The molecule has 3 rings (SSSR count). The van der Waals surface area contributed by atoms with Crippen molar-refractivity contribution in [3.05, 3.63) is 33.9 Å². The van der Waals surface area contributed by atoms with Crippen LogP contribution < -0.4 is 5.32 Å². The molecule has 0 unspecified atom stereocenters. The number of likely N-dealkylation sites (tertiary alicyclic amines) is 1. The number of nitrogens with one attached hydrogen (secondary N) is 1. The van der Waals surface area contributed by atoms with Crippen LogP contribution in [-0.2, 0) is 0 Å². The first kappa shape index (κ1) is 16.7. The summed E-state index contributed by atoms with van der Waals surface area (Å²) < 4.78 is 0. The number of urea groups is 1. The third-order valence-corrected chi connectivity index (χ3v) is 5.19. The number of benzene rings is 1. The predicted molar refractivity (Wildman–Crippen MR) is 92.2 cm³/mol. The second kappa shape index (κ2) is 6.76. The van der Waals surface area contributed by atoms with Crippen LogP contribution in [0.15, 0.2) is 18.2 Å². The van der Waals surface area contributed by atoms with E-state index < -0.39 is 4.92 Å². The summed E-state index contributed by atoms with van der Waals surface area (Å²) in [6.07, 6.45) is 3.12. The molecule has 2 amide bonds. The highest BCUT2D eigenvalue weighted by atomic mass is 16.6. The van der Waals surface area contributed by atoms with Gasteiger partial charge in [-0.3, -0.25) is 10.1 Å². The number of carbonyl (C=O) groups excluding carboxylic acids is 1. The molecule has 130 valence electrons. The van der Waals surface area contributed by atoms with Gasteiger partial charge in [0.25, 0.3) is 5.69 Å². The first-order valence-electron chi connectivity index (χ1n) is 8.56. The van der Waals surface area contributed by atoms with Crippen LogP contribution in [0.4, 0.5) is 16.2 Å². The minimum absolute atomic E-state index is 0.0708. The molecule has 2 saturated heterocycles. The van der Waals surface area contributed by atoms with Gasteiger partial charge in [-0.1, -0.05) is 6.92 Å². The van der Waals surface area contributed by atoms with Crippen LogP contribution in [0.5, 0.6) is 0 Å². The van der Waals surface area contributed by atoms with Crippen LogP contribution in [-0.4, -0.2) is 52.5 Å². The van der Waals surface area contributed by atoms with E-state index in [1.807, 2.05) is 4.90 Å². The highest BCUT2D eigenvalue weighted by Crippen LogP contribution is 2.31. The Kier molecular flexibility index (Phi) is 4.71. The fourth-order valence-corrected chi connectivity index (χ4v) is 3.89. The van der Waals surface area contributed by atoms with Crippen molar-refractivity contribution in [1.82, 2.24) is 9.80 Å². The molecule has 24 heavy (non-hydrogen) atoms. The zero-order valence-electron chi connectivity index (χ0n) is 14.2. The number of nitro benzene ring substituents is 1. The number of hydrogen-bond donors (Lipinski definition) is 1. The summed E-state index contributed by atoms with van der Waals surface area (Å²) in [7, 11) is 0. The number of carbonyl (C=O) groups is 1. The molecule has 2 heterocycles. The number of amides is 2. The molecule has 0 saturated carbocycles. The first-order valence-corrected chi connectivity index (χ1v) is 8.56. The first-order chi connectivity index (χ1) is 11.5. The maximum atomic E-state index is 12.8. The Hall–Kier alpha value is -2.15. The van der Waals surface area contributed by atoms with Gasteiger partial charge >= 0.3 is 6.03 Å². The summed E-state index contributed by atoms with van der Waals surface area (Å²) in [5.41, 5.74) is 1.23. The number of nitro groups is 1. The fraction of sp³-hybridized carbons (Fsp3) is 0.588. The van der Waals surface area contributed by atoms with Crippen molar-refractivity contribution in [2.45, 2.75) is 45.2 Å². The second-order valence-electron chi connectivity index (χ2n) is 6.66. The van der Waals surface area contributed by atoms with Gasteiger partial charge in [-0.2, -0.15) is 0 Å². The number of anilines is 1. The summed E-state index contributed by atoms with van der Waals surface area (Å²) in [6.45, 7) is 6.82. The Morgan fingerprint density at radius 3 is 2.75 bits per heavy atom. The molecule has 2 aliphatic heterocycles. The van der Waals surface area contributed by atoms with E-state index in [1.54, 1.807) is 19.1 Å². The Bertz CT molecular complexity index is 649. The molecular weight excluding hydrogens is 308 g/mol. The molecule has 7 heteroatoms. The number of hydrogen-bond acceptors (Lipinski definition) is 4. The summed E-state index contributed by atoms with van der Waals surface area (Å²) in [4.78, 5) is 27.7. The maximum Gasteiger partial charge on any atom is 0.322 e. The molecule has 2 aliphatic rings. The minimum Gasteiger partial charge on any atom is -0.317 e. The fourth-order valence-electron chi connectivity index (χ4n) is 3.89. The van der Waals surface area contributed by atoms with E-state index in [0.29, 0.717) is 17.3 Å². The van der Waals surface area contributed by atoms with Gasteiger partial charge in [0.15, 0.2) is 0 Å². The van der Waals surface area contributed by atoms with Crippen molar-refractivity contribution < 1.29 is 9.72 Å². The highest BCUT2D eigenvalue weighted by Gasteiger charge is 2.39. The van der Waals surface area contributed by atoms with E-state index in [4.69, 9.17) is 0 Å². The molecule has 7 nitrogen and oxygen atoms in total. The molecule has 0 aromatic heterocycles. The summed E-state index contributed by atoms with van der Waals surface area (Å²) >= 11 is 0. The van der Waals surface area contributed by atoms with Gasteiger partial charge in [-0.05, 0) is 44.9 Å². The number of likely N-dealkylation sites (N-methyl/N-ethyl adjacent to an activating group) is 1. The lowest BCUT2D eigenvalue weighted by atomic mass is 10.1. The van der Waals surface area contributed by atoms with E-state index in [0.717, 1.165) is 38.9 Å². The summed E-state index contributed by atoms with van der Waals surface area (Å²) in [5, 5.41) is 13.8. The average Bonchev–Trinajstić information content (AvgIpc) is 2.82. The van der Waals surface area contributed by atoms with Gasteiger partial charge in [-0.25, -0.2) is 4.79 Å². The smallest absolute Gasteiger partial charge is 0.317 e. The third kappa shape index (κ3) is 3.21. The molecule has 0 radical (unpaired) electrons. The third-order valence-electron chi connectivity index (χ3n) is 5.19. The lowest BCUT2D eigenvalue weighted by Crippen LogP contribution is -2.45. The topological polar surface area (TPSA) is 78.7 Å². The molecule has 2 bridgehead atoms. The maximum absolute atomic E-state index is 12.8. The zero-order chi connectivity index (χ0) is 17.3. The quantitative estimate of drug-likeness (QED) is 0.682. The highest BCUT2D eigenvalue weighted by molar-refractivity contribution is 5.90. The van der Waals surface area contributed by atoms with Crippen LogP contribution in [0, 0.1) is 17.0 Å². The lowest BCUT2D eigenvalue weighted by Gasteiger charge is -2.29. The molecule has 1 aromatic carbocycles. The molecular formula is C17H24N4O3. The Morgan fingerprint density at radius 1 is 1.33 bits per heavy atom. The van der Waals surface area contributed by atoms with Crippen LogP contribution in [0.2, 0.25) is 0 Å². The molecule has 0 spiro atoms. The van der Waals surface area contributed by atoms with Crippen LogP contribution in [0.3, 0.4) is 0 Å². The molecule has 1 aromatic rings. The summed E-state index contributed by atoms with van der Waals surface area (Å²) in [6, 6.07) is 5.17. The molecule has 0 aliphatic carbocycles. The zero-order valence-corrected chi connectivity index (χ0v) is 14.2. The molecule has 2 atom stereocenters. The minimum atomic E-state index is -0.407. The Labute approximate surface area is 141 Å². The molecule has 2 fully saturated rings. The van der Waals surface area contributed by atoms with Gasteiger partial charge in [0.2, 0.25) is 0 Å². The van der Waals surface area contributed by atoms with Crippen LogP contribution in [0.1, 0.15) is 31.7 Å². The van der Waals surface area contributed by atoms with Crippen molar-refractivity contribution in [2.75, 3.05) is 25.0 Å². The SMILES string of the molecule is CCN1CC[C@H]2CC[C@@H](C1)N2C(=O)Nc1ccc([N+](=O)[O-])c(C)c1. The van der Waals surface area contributed by atoms with Crippen molar-refractivity contribution in [3.8, 4) is 0 Å². The molecule has 1 N–H and O–H groups in total. The van der Waals surface area contributed by atoms with E-state index in [2.05, 4.69) is 17.1 Å². The van der Waals surface area contributed by atoms with Gasteiger partial charge in [0.1, 0.15) is 0 Å². The van der Waals surface area contributed by atoms with E-state index in [9.17, 15) is 14.9 Å². The van der Waals surface area contributed by atoms with Gasteiger partial charge < -0.3 is 15.1 Å². The van der Waals surface area contributed by atoms with E-state index in [-0.39, 0.29) is 17.8 Å². The van der Waals surface area contributed by atoms with Crippen LogP contribution >= 0.6 is 0 Å². The number of rotatable bonds is 3. The normalized spacial score (nSPS) is 23.8. The van der Waals surface area contributed by atoms with E-state index >= 15 is 0 Å². The number of nitrogens with zero attached hydrogens (tertiary/aromatic N) is 3. The van der Waals surface area contributed by atoms with Crippen molar-refractivity contribution in [2.24, 2.45) is 0 Å². The number of fused-ring (bicyclic) bond motifs is 2. The predicted octanol–water partition coefficient (Wildman–Crippen LogP) is 2.99. The lowest BCUT2D eigenvalue weighted by molar-refractivity contribution is -0.385. The second-order valence-corrected chi connectivity index (χ2v) is 6.66. The van der Waals surface area contributed by atoms with Gasteiger partial charge in [-0.15, -0.1) is 0 Å². The van der Waals surface area contributed by atoms with Crippen molar-refractivity contribution >= 4 is 17.4 Å².